The molecule has 0 spiro atoms. The molecule has 20 heavy (non-hydrogen) atoms. The number of pyridine rings is 1. The summed E-state index contributed by atoms with van der Waals surface area (Å²) in [6.45, 7) is 0.823. The molecule has 0 aliphatic rings. The molecule has 0 fully saturated rings. The molecular formula is C15H16ClN3O. The van der Waals surface area contributed by atoms with Gasteiger partial charge in [0.05, 0.1) is 5.02 Å². The first kappa shape index (κ1) is 14.5. The normalized spacial score (nSPS) is 10.3. The molecule has 104 valence electrons. The summed E-state index contributed by atoms with van der Waals surface area (Å²) < 4.78 is 0. The lowest BCUT2D eigenvalue weighted by Crippen LogP contribution is -2.17. The van der Waals surface area contributed by atoms with Gasteiger partial charge in [-0.3, -0.25) is 4.79 Å². The van der Waals surface area contributed by atoms with Crippen molar-refractivity contribution in [3.63, 3.8) is 0 Å². The minimum absolute atomic E-state index is 0.161. The van der Waals surface area contributed by atoms with Crippen molar-refractivity contribution in [1.82, 2.24) is 10.3 Å². The Labute approximate surface area is 123 Å². The van der Waals surface area contributed by atoms with Gasteiger partial charge in [0.15, 0.2) is 0 Å². The Kier molecular flexibility index (Phi) is 5.09. The molecule has 0 radical (unpaired) electrons. The standard InChI is InChI=1S/C15H16ClN3O/c1-17-9-8-11-4-2-3-5-13(11)15(20)19-14-7-6-12(16)10-18-14/h2-7,10,17H,8-9H2,1H3,(H,18,19,20). The van der Waals surface area contributed by atoms with Gasteiger partial charge in [-0.1, -0.05) is 29.8 Å². The zero-order valence-corrected chi connectivity index (χ0v) is 11.9. The molecule has 0 bridgehead atoms. The largest absolute Gasteiger partial charge is 0.319 e. The summed E-state index contributed by atoms with van der Waals surface area (Å²) in [5.41, 5.74) is 1.67. The fourth-order valence-electron chi connectivity index (χ4n) is 1.85. The van der Waals surface area contributed by atoms with Crippen molar-refractivity contribution < 1.29 is 4.79 Å². The van der Waals surface area contributed by atoms with Gasteiger partial charge in [0.25, 0.3) is 5.91 Å². The fourth-order valence-corrected chi connectivity index (χ4v) is 1.96. The van der Waals surface area contributed by atoms with Crippen molar-refractivity contribution in [2.45, 2.75) is 6.42 Å². The Hall–Kier alpha value is -1.91. The van der Waals surface area contributed by atoms with Crippen molar-refractivity contribution >= 4 is 23.3 Å². The minimum Gasteiger partial charge on any atom is -0.319 e. The van der Waals surface area contributed by atoms with Crippen LogP contribution in [0.5, 0.6) is 0 Å². The van der Waals surface area contributed by atoms with E-state index in [0.717, 1.165) is 18.5 Å². The Morgan fingerprint density at radius 1 is 1.25 bits per heavy atom. The van der Waals surface area contributed by atoms with E-state index in [9.17, 15) is 4.79 Å². The molecule has 1 aromatic heterocycles. The molecule has 2 rings (SSSR count). The molecule has 0 aliphatic carbocycles. The second-order valence-corrected chi connectivity index (χ2v) is 4.76. The van der Waals surface area contributed by atoms with Gasteiger partial charge < -0.3 is 10.6 Å². The van der Waals surface area contributed by atoms with Crippen LogP contribution in [-0.4, -0.2) is 24.5 Å². The first-order chi connectivity index (χ1) is 9.70. The lowest BCUT2D eigenvalue weighted by molar-refractivity contribution is 0.102. The highest BCUT2D eigenvalue weighted by atomic mass is 35.5. The number of halogens is 1. The maximum absolute atomic E-state index is 12.3. The lowest BCUT2D eigenvalue weighted by Gasteiger charge is -2.09. The maximum atomic E-state index is 12.3. The van der Waals surface area contributed by atoms with E-state index in [1.165, 1.54) is 6.20 Å². The third-order valence-corrected chi connectivity index (χ3v) is 3.10. The molecule has 0 saturated carbocycles. The minimum atomic E-state index is -0.161. The van der Waals surface area contributed by atoms with E-state index in [-0.39, 0.29) is 5.91 Å². The van der Waals surface area contributed by atoms with Crippen molar-refractivity contribution in [3.05, 3.63) is 58.7 Å². The summed E-state index contributed by atoms with van der Waals surface area (Å²) in [4.78, 5) is 16.3. The van der Waals surface area contributed by atoms with E-state index in [1.54, 1.807) is 12.1 Å². The van der Waals surface area contributed by atoms with Crippen molar-refractivity contribution in [2.24, 2.45) is 0 Å². The van der Waals surface area contributed by atoms with Gasteiger partial charge in [-0.05, 0) is 43.8 Å². The van der Waals surface area contributed by atoms with E-state index >= 15 is 0 Å². The van der Waals surface area contributed by atoms with Crippen LogP contribution < -0.4 is 10.6 Å². The third-order valence-electron chi connectivity index (χ3n) is 2.88. The molecule has 4 nitrogen and oxygen atoms in total. The number of nitrogens with zero attached hydrogens (tertiary/aromatic N) is 1. The van der Waals surface area contributed by atoms with Crippen LogP contribution in [0.4, 0.5) is 5.82 Å². The van der Waals surface area contributed by atoms with Gasteiger partial charge in [-0.15, -0.1) is 0 Å². The van der Waals surface area contributed by atoms with E-state index in [1.807, 2.05) is 31.3 Å². The van der Waals surface area contributed by atoms with Crippen LogP contribution in [-0.2, 0) is 6.42 Å². The van der Waals surface area contributed by atoms with Gasteiger partial charge in [0.2, 0.25) is 0 Å². The number of rotatable bonds is 5. The highest BCUT2D eigenvalue weighted by Gasteiger charge is 2.11. The summed E-state index contributed by atoms with van der Waals surface area (Å²) in [7, 11) is 1.89. The van der Waals surface area contributed by atoms with Crippen LogP contribution in [0, 0.1) is 0 Å². The van der Waals surface area contributed by atoms with Gasteiger partial charge in [-0.25, -0.2) is 4.98 Å². The zero-order chi connectivity index (χ0) is 14.4. The van der Waals surface area contributed by atoms with Crippen molar-refractivity contribution in [2.75, 3.05) is 18.9 Å². The predicted molar refractivity (Wildman–Crippen MR) is 81.3 cm³/mol. The molecule has 1 aromatic carbocycles. The third kappa shape index (κ3) is 3.79. The number of benzene rings is 1. The molecule has 1 amide bonds. The Bertz CT molecular complexity index is 584. The monoisotopic (exact) mass is 289 g/mol. The topological polar surface area (TPSA) is 54.0 Å². The van der Waals surface area contributed by atoms with E-state index in [4.69, 9.17) is 11.6 Å². The molecule has 2 aromatic rings. The zero-order valence-electron chi connectivity index (χ0n) is 11.2. The van der Waals surface area contributed by atoms with Crippen molar-refractivity contribution in [3.8, 4) is 0 Å². The first-order valence-corrected chi connectivity index (χ1v) is 6.74. The van der Waals surface area contributed by atoms with Gasteiger partial charge in [0.1, 0.15) is 5.82 Å². The number of likely N-dealkylation sites (N-methyl/N-ethyl adjacent to an activating group) is 1. The number of aromatic nitrogens is 1. The Morgan fingerprint density at radius 2 is 2.05 bits per heavy atom. The van der Waals surface area contributed by atoms with Crippen LogP contribution in [0.1, 0.15) is 15.9 Å². The van der Waals surface area contributed by atoms with Crippen molar-refractivity contribution in [1.29, 1.82) is 0 Å². The van der Waals surface area contributed by atoms with Crippen LogP contribution in [0.15, 0.2) is 42.6 Å². The van der Waals surface area contributed by atoms with Crippen LogP contribution >= 0.6 is 11.6 Å². The van der Waals surface area contributed by atoms with Crippen LogP contribution in [0.3, 0.4) is 0 Å². The predicted octanol–water partition coefficient (Wildman–Crippen LogP) is 2.75. The second-order valence-electron chi connectivity index (χ2n) is 4.33. The highest BCUT2D eigenvalue weighted by molar-refractivity contribution is 6.30. The molecule has 0 aliphatic heterocycles. The van der Waals surface area contributed by atoms with Gasteiger partial charge in [0, 0.05) is 11.8 Å². The number of nitrogens with one attached hydrogen (secondary N) is 2. The number of carbonyl (C=O) groups excluding carboxylic acids is 1. The molecular weight excluding hydrogens is 274 g/mol. The molecule has 0 atom stereocenters. The Morgan fingerprint density at radius 3 is 2.75 bits per heavy atom. The second kappa shape index (κ2) is 7.03. The summed E-state index contributed by atoms with van der Waals surface area (Å²) in [6.07, 6.45) is 2.30. The fraction of sp³-hybridized carbons (Fsp3) is 0.200. The maximum Gasteiger partial charge on any atom is 0.257 e. The number of amides is 1. The van der Waals surface area contributed by atoms with Gasteiger partial charge in [-0.2, -0.15) is 0 Å². The number of hydrogen-bond donors (Lipinski definition) is 2. The van der Waals surface area contributed by atoms with Crippen LogP contribution in [0.2, 0.25) is 5.02 Å². The van der Waals surface area contributed by atoms with Crippen LogP contribution in [0.25, 0.3) is 0 Å². The first-order valence-electron chi connectivity index (χ1n) is 6.36. The SMILES string of the molecule is CNCCc1ccccc1C(=O)Nc1ccc(Cl)cn1. The lowest BCUT2D eigenvalue weighted by atomic mass is 10.0. The van der Waals surface area contributed by atoms with E-state index in [0.29, 0.717) is 16.4 Å². The Balaban J connectivity index is 2.14. The summed E-state index contributed by atoms with van der Waals surface area (Å²) in [6, 6.07) is 10.9. The molecule has 5 heteroatoms. The van der Waals surface area contributed by atoms with E-state index < -0.39 is 0 Å². The quantitative estimate of drug-likeness (QED) is 0.890. The highest BCUT2D eigenvalue weighted by Crippen LogP contribution is 2.14. The molecule has 2 N–H and O–H groups in total. The summed E-state index contributed by atoms with van der Waals surface area (Å²) in [5, 5.41) is 6.39. The molecule has 0 unspecified atom stereocenters. The summed E-state index contributed by atoms with van der Waals surface area (Å²) >= 11 is 5.77. The average Bonchev–Trinajstić information content (AvgIpc) is 2.47. The van der Waals surface area contributed by atoms with E-state index in [2.05, 4.69) is 15.6 Å². The average molecular weight is 290 g/mol. The number of anilines is 1. The number of carbonyl (C=O) groups is 1. The smallest absolute Gasteiger partial charge is 0.257 e. The number of hydrogen-bond acceptors (Lipinski definition) is 3. The molecule has 0 saturated heterocycles. The molecule has 1 heterocycles. The summed E-state index contributed by atoms with van der Waals surface area (Å²) in [5.74, 6) is 0.328. The van der Waals surface area contributed by atoms with Gasteiger partial charge >= 0.3 is 0 Å².